The normalized spacial score (nSPS) is 16.1. The van der Waals surface area contributed by atoms with Gasteiger partial charge in [0.15, 0.2) is 5.78 Å². The molecular formula is C11H16N2O3. The van der Waals surface area contributed by atoms with E-state index in [-0.39, 0.29) is 11.2 Å². The van der Waals surface area contributed by atoms with Gasteiger partial charge < -0.3 is 10.2 Å². The van der Waals surface area contributed by atoms with Crippen LogP contribution in [0.25, 0.3) is 0 Å². The number of nitriles is 2. The van der Waals surface area contributed by atoms with Crippen LogP contribution in [0.3, 0.4) is 0 Å². The maximum Gasteiger partial charge on any atom is 0.283 e. The fraction of sp³-hybridized carbons (Fsp3) is 0.545. The molecule has 0 heterocycles. The fourth-order valence-corrected chi connectivity index (χ4v) is 1.67. The second-order valence-corrected chi connectivity index (χ2v) is 4.17. The van der Waals surface area contributed by atoms with Crippen LogP contribution in [0.1, 0.15) is 33.6 Å². The Balaban J connectivity index is 0. The lowest BCUT2D eigenvalue weighted by Gasteiger charge is -2.27. The number of carbonyl (C=O) groups excluding carboxylic acids is 1. The molecule has 0 atom stereocenters. The Hall–Kier alpha value is -2.01. The summed E-state index contributed by atoms with van der Waals surface area (Å²) >= 11 is 0. The maximum atomic E-state index is 11.0. The van der Waals surface area contributed by atoms with Gasteiger partial charge in [0.05, 0.1) is 0 Å². The van der Waals surface area contributed by atoms with E-state index in [1.807, 2.05) is 6.92 Å². The summed E-state index contributed by atoms with van der Waals surface area (Å²) in [4.78, 5) is 11.0. The number of ketones is 1. The summed E-state index contributed by atoms with van der Waals surface area (Å²) in [6, 6.07) is 0. The molecule has 0 spiro atoms. The first kappa shape index (κ1) is 16.4. The first-order valence-electron chi connectivity index (χ1n) is 4.59. The van der Waals surface area contributed by atoms with Crippen molar-refractivity contribution in [1.29, 1.82) is 10.5 Å². The molecule has 0 aromatic heterocycles. The fourth-order valence-electron chi connectivity index (χ4n) is 1.67. The Bertz CT molecular complexity index is 320. The SMILES string of the molecule is CC1=CC(=O)CC(C)(C)C1.N#CO.N#CO. The summed E-state index contributed by atoms with van der Waals surface area (Å²) in [5.41, 5.74) is 1.43. The molecule has 0 aromatic carbocycles. The van der Waals surface area contributed by atoms with Crippen molar-refractivity contribution in [2.24, 2.45) is 5.41 Å². The van der Waals surface area contributed by atoms with Crippen molar-refractivity contribution < 1.29 is 15.0 Å². The highest BCUT2D eigenvalue weighted by Gasteiger charge is 2.25. The van der Waals surface area contributed by atoms with Crippen molar-refractivity contribution in [3.8, 4) is 12.5 Å². The van der Waals surface area contributed by atoms with Crippen molar-refractivity contribution in [3.05, 3.63) is 11.6 Å². The van der Waals surface area contributed by atoms with Crippen LogP contribution >= 0.6 is 0 Å². The molecule has 0 aliphatic heterocycles. The number of rotatable bonds is 0. The van der Waals surface area contributed by atoms with E-state index in [0.29, 0.717) is 6.42 Å². The highest BCUT2D eigenvalue weighted by atomic mass is 16.2. The van der Waals surface area contributed by atoms with Crippen LogP contribution in [-0.2, 0) is 4.79 Å². The van der Waals surface area contributed by atoms with E-state index in [1.165, 1.54) is 5.57 Å². The number of carbonyl (C=O) groups is 1. The molecule has 0 aromatic rings. The van der Waals surface area contributed by atoms with Gasteiger partial charge in [0.25, 0.3) is 12.5 Å². The van der Waals surface area contributed by atoms with Gasteiger partial charge in [0, 0.05) is 6.42 Å². The Morgan fingerprint density at radius 1 is 1.25 bits per heavy atom. The second kappa shape index (κ2) is 8.31. The third-order valence-corrected chi connectivity index (χ3v) is 1.82. The molecule has 0 saturated heterocycles. The quantitative estimate of drug-likeness (QED) is 0.612. The lowest BCUT2D eigenvalue weighted by atomic mass is 9.77. The molecule has 0 bridgehead atoms. The van der Waals surface area contributed by atoms with Crippen molar-refractivity contribution in [2.45, 2.75) is 33.6 Å². The summed E-state index contributed by atoms with van der Waals surface area (Å²) < 4.78 is 0. The summed E-state index contributed by atoms with van der Waals surface area (Å²) in [5, 5.41) is 27.5. The van der Waals surface area contributed by atoms with Crippen LogP contribution in [0.5, 0.6) is 0 Å². The van der Waals surface area contributed by atoms with Gasteiger partial charge in [-0.3, -0.25) is 4.79 Å². The van der Waals surface area contributed by atoms with Gasteiger partial charge in [-0.25, -0.2) is 0 Å². The van der Waals surface area contributed by atoms with Gasteiger partial charge in [0.2, 0.25) is 0 Å². The Morgan fingerprint density at radius 2 is 1.62 bits per heavy atom. The smallest absolute Gasteiger partial charge is 0.283 e. The van der Waals surface area contributed by atoms with Crippen molar-refractivity contribution in [1.82, 2.24) is 0 Å². The number of aliphatic hydroxyl groups excluding tert-OH is 2. The van der Waals surface area contributed by atoms with E-state index in [0.717, 1.165) is 18.9 Å². The largest absolute Gasteiger partial charge is 0.443 e. The molecule has 1 aliphatic rings. The molecule has 0 unspecified atom stereocenters. The summed E-state index contributed by atoms with van der Waals surface area (Å²) in [6.45, 7) is 6.31. The van der Waals surface area contributed by atoms with Gasteiger partial charge in [-0.2, -0.15) is 10.5 Å². The van der Waals surface area contributed by atoms with Crippen LogP contribution in [0.4, 0.5) is 0 Å². The second-order valence-electron chi connectivity index (χ2n) is 4.17. The highest BCUT2D eigenvalue weighted by molar-refractivity contribution is 5.91. The van der Waals surface area contributed by atoms with E-state index in [1.54, 1.807) is 6.08 Å². The lowest BCUT2D eigenvalue weighted by Crippen LogP contribution is -2.20. The molecule has 5 nitrogen and oxygen atoms in total. The van der Waals surface area contributed by atoms with E-state index < -0.39 is 0 Å². The average Bonchev–Trinajstić information content (AvgIpc) is 2.00. The minimum Gasteiger partial charge on any atom is -0.443 e. The minimum atomic E-state index is 0.204. The zero-order chi connectivity index (χ0) is 13.2. The molecule has 0 saturated carbocycles. The topological polar surface area (TPSA) is 105 Å². The number of nitrogens with zero attached hydrogens (tertiary/aromatic N) is 2. The van der Waals surface area contributed by atoms with E-state index in [4.69, 9.17) is 20.7 Å². The molecule has 88 valence electrons. The number of aliphatic hydroxyl groups is 2. The average molecular weight is 224 g/mol. The third kappa shape index (κ3) is 10.1. The Morgan fingerprint density at radius 3 is 1.88 bits per heavy atom. The van der Waals surface area contributed by atoms with Gasteiger partial charge in [-0.05, 0) is 24.8 Å². The highest BCUT2D eigenvalue weighted by Crippen LogP contribution is 2.32. The van der Waals surface area contributed by atoms with Gasteiger partial charge in [0.1, 0.15) is 0 Å². The van der Waals surface area contributed by atoms with Crippen LogP contribution < -0.4 is 0 Å². The lowest BCUT2D eigenvalue weighted by molar-refractivity contribution is -0.117. The Kier molecular flexibility index (Phi) is 8.53. The number of hydrogen-bond acceptors (Lipinski definition) is 5. The molecule has 1 aliphatic carbocycles. The van der Waals surface area contributed by atoms with Gasteiger partial charge in [-0.1, -0.05) is 19.4 Å². The van der Waals surface area contributed by atoms with E-state index in [2.05, 4.69) is 13.8 Å². The molecule has 0 radical (unpaired) electrons. The monoisotopic (exact) mass is 224 g/mol. The zero-order valence-corrected chi connectivity index (χ0v) is 9.69. The molecule has 0 fully saturated rings. The summed E-state index contributed by atoms with van der Waals surface area (Å²) in [7, 11) is 0. The van der Waals surface area contributed by atoms with Crippen LogP contribution in [-0.4, -0.2) is 16.0 Å². The maximum absolute atomic E-state index is 11.0. The molecule has 5 heteroatoms. The van der Waals surface area contributed by atoms with Crippen molar-refractivity contribution >= 4 is 5.78 Å². The molecule has 16 heavy (non-hydrogen) atoms. The number of hydrogen-bond donors (Lipinski definition) is 2. The van der Waals surface area contributed by atoms with Crippen molar-refractivity contribution in [3.63, 3.8) is 0 Å². The van der Waals surface area contributed by atoms with Crippen LogP contribution in [0.2, 0.25) is 0 Å². The van der Waals surface area contributed by atoms with Crippen LogP contribution in [0, 0.1) is 28.4 Å². The summed E-state index contributed by atoms with van der Waals surface area (Å²) in [6.07, 6.45) is 5.05. The van der Waals surface area contributed by atoms with E-state index >= 15 is 0 Å². The molecular weight excluding hydrogens is 208 g/mol. The van der Waals surface area contributed by atoms with Crippen LogP contribution in [0.15, 0.2) is 11.6 Å². The van der Waals surface area contributed by atoms with Crippen molar-refractivity contribution in [2.75, 3.05) is 0 Å². The first-order valence-corrected chi connectivity index (χ1v) is 4.59. The van der Waals surface area contributed by atoms with Gasteiger partial charge in [-0.15, -0.1) is 0 Å². The first-order chi connectivity index (χ1) is 7.32. The van der Waals surface area contributed by atoms with Gasteiger partial charge >= 0.3 is 0 Å². The number of allylic oxidation sites excluding steroid dienone is 2. The van der Waals surface area contributed by atoms with E-state index in [9.17, 15) is 4.79 Å². The standard InChI is InChI=1S/C9H14O.2CHNO/c1-7-4-8(10)6-9(2,3)5-7;2*2-1-3/h4H,5-6H2,1-3H3;2*3H. The molecule has 0 amide bonds. The zero-order valence-electron chi connectivity index (χ0n) is 9.69. The molecule has 2 N–H and O–H groups in total. The minimum absolute atomic E-state index is 0.204. The molecule has 1 rings (SSSR count). The predicted molar refractivity (Wildman–Crippen MR) is 56.9 cm³/mol. The predicted octanol–water partition coefficient (Wildman–Crippen LogP) is 2.00. The Labute approximate surface area is 95.2 Å². The summed E-state index contributed by atoms with van der Waals surface area (Å²) in [5.74, 6) is 0.286. The third-order valence-electron chi connectivity index (χ3n) is 1.82.